The molecule has 0 unspecified atom stereocenters. The molecular formula is C38H48N8O8. The number of fused-ring (bicyclic) bond motifs is 3. The molecule has 3 heterocycles. The SMILES string of the molecule is N=C(N)NCCC[C@H](NC(=O)[C@@H]1CCCN1C(=O)CNC(=O)[C@@H]1CCCN1C(=O)OCC1c2ccccc2-c2ccccc21)C(=O)N1CCC[C@H]1C(=O)O. The minimum Gasteiger partial charge on any atom is -0.480 e. The van der Waals surface area contributed by atoms with Crippen LogP contribution in [0.5, 0.6) is 0 Å². The molecule has 2 aromatic carbocycles. The molecule has 0 bridgehead atoms. The summed E-state index contributed by atoms with van der Waals surface area (Å²) in [6.45, 7) is 0.869. The molecular weight excluding hydrogens is 696 g/mol. The van der Waals surface area contributed by atoms with Gasteiger partial charge in [0.05, 0.1) is 6.54 Å². The number of aliphatic carboxylic acids is 1. The number of ether oxygens (including phenoxy) is 1. The summed E-state index contributed by atoms with van der Waals surface area (Å²) in [5, 5.41) is 25.1. The molecule has 0 aromatic heterocycles. The van der Waals surface area contributed by atoms with Gasteiger partial charge in [0, 0.05) is 32.1 Å². The Morgan fingerprint density at radius 3 is 2.00 bits per heavy atom. The van der Waals surface area contributed by atoms with Crippen LogP contribution >= 0.6 is 0 Å². The first-order chi connectivity index (χ1) is 26.0. The number of carboxylic acid groups (broad SMARTS) is 1. The minimum atomic E-state index is -1.11. The lowest BCUT2D eigenvalue weighted by molar-refractivity contribution is -0.149. The Bertz CT molecular complexity index is 1740. The Morgan fingerprint density at radius 2 is 1.37 bits per heavy atom. The van der Waals surface area contributed by atoms with E-state index in [2.05, 4.69) is 28.1 Å². The van der Waals surface area contributed by atoms with E-state index in [9.17, 15) is 33.9 Å². The second-order valence-corrected chi connectivity index (χ2v) is 14.2. The molecule has 0 radical (unpaired) electrons. The number of amides is 5. The van der Waals surface area contributed by atoms with Crippen molar-refractivity contribution in [3.05, 3.63) is 59.7 Å². The van der Waals surface area contributed by atoms with Gasteiger partial charge in [0.2, 0.25) is 23.6 Å². The molecule has 4 aliphatic rings. The van der Waals surface area contributed by atoms with Crippen molar-refractivity contribution in [3.63, 3.8) is 0 Å². The Kier molecular flexibility index (Phi) is 12.0. The van der Waals surface area contributed by atoms with Gasteiger partial charge >= 0.3 is 12.1 Å². The van der Waals surface area contributed by atoms with E-state index in [1.807, 2.05) is 36.4 Å². The van der Waals surface area contributed by atoms with Crippen LogP contribution in [0.1, 0.15) is 68.4 Å². The van der Waals surface area contributed by atoms with Crippen molar-refractivity contribution in [2.45, 2.75) is 81.5 Å². The number of carbonyl (C=O) groups excluding carboxylic acids is 5. The van der Waals surface area contributed by atoms with Crippen molar-refractivity contribution in [1.82, 2.24) is 30.7 Å². The first-order valence-electron chi connectivity index (χ1n) is 18.7. The van der Waals surface area contributed by atoms with Gasteiger partial charge in [0.15, 0.2) is 5.96 Å². The number of guanidine groups is 1. The van der Waals surface area contributed by atoms with Gasteiger partial charge in [0.25, 0.3) is 0 Å². The lowest BCUT2D eigenvalue weighted by Crippen LogP contribution is -2.56. The molecule has 3 aliphatic heterocycles. The van der Waals surface area contributed by atoms with Crippen LogP contribution in [0.2, 0.25) is 0 Å². The highest BCUT2D eigenvalue weighted by molar-refractivity contribution is 5.95. The van der Waals surface area contributed by atoms with Crippen LogP contribution in [0.3, 0.4) is 0 Å². The fraction of sp³-hybridized carbons (Fsp3) is 0.500. The van der Waals surface area contributed by atoms with E-state index >= 15 is 0 Å². The average molecular weight is 745 g/mol. The molecule has 5 amide bonds. The lowest BCUT2D eigenvalue weighted by Gasteiger charge is -2.30. The third-order valence-electron chi connectivity index (χ3n) is 10.8. The molecule has 0 saturated carbocycles. The van der Waals surface area contributed by atoms with E-state index in [0.29, 0.717) is 51.5 Å². The van der Waals surface area contributed by atoms with Crippen molar-refractivity contribution in [3.8, 4) is 11.1 Å². The van der Waals surface area contributed by atoms with Gasteiger partial charge in [-0.15, -0.1) is 0 Å². The predicted molar refractivity (Wildman–Crippen MR) is 196 cm³/mol. The molecule has 4 atom stereocenters. The maximum atomic E-state index is 13.6. The van der Waals surface area contributed by atoms with E-state index in [1.165, 1.54) is 14.7 Å². The van der Waals surface area contributed by atoms with Gasteiger partial charge in [-0.1, -0.05) is 48.5 Å². The fourth-order valence-corrected chi connectivity index (χ4v) is 8.20. The van der Waals surface area contributed by atoms with Crippen LogP contribution in [0.25, 0.3) is 11.1 Å². The molecule has 288 valence electrons. The van der Waals surface area contributed by atoms with Crippen molar-refractivity contribution in [2.24, 2.45) is 5.73 Å². The summed E-state index contributed by atoms with van der Waals surface area (Å²) in [6, 6.07) is 12.3. The van der Waals surface area contributed by atoms with Gasteiger partial charge in [-0.25, -0.2) is 9.59 Å². The quantitative estimate of drug-likeness (QED) is 0.0980. The number of nitrogens with zero attached hydrogens (tertiary/aromatic N) is 3. The van der Waals surface area contributed by atoms with Crippen molar-refractivity contribution < 1.29 is 38.6 Å². The van der Waals surface area contributed by atoms with E-state index in [4.69, 9.17) is 15.9 Å². The number of carbonyl (C=O) groups is 6. The zero-order chi connectivity index (χ0) is 38.4. The summed E-state index contributed by atoms with van der Waals surface area (Å²) in [5.41, 5.74) is 9.74. The highest BCUT2D eigenvalue weighted by Gasteiger charge is 2.41. The molecule has 3 fully saturated rings. The Morgan fingerprint density at radius 1 is 0.796 bits per heavy atom. The molecule has 54 heavy (non-hydrogen) atoms. The van der Waals surface area contributed by atoms with Gasteiger partial charge in [-0.2, -0.15) is 0 Å². The second-order valence-electron chi connectivity index (χ2n) is 14.2. The van der Waals surface area contributed by atoms with Crippen LogP contribution in [-0.4, -0.2) is 125 Å². The van der Waals surface area contributed by atoms with E-state index < -0.39 is 59.9 Å². The number of rotatable bonds is 13. The number of benzene rings is 2. The number of carboxylic acids is 1. The Balaban J connectivity index is 1.02. The third kappa shape index (κ3) is 8.26. The number of hydrogen-bond donors (Lipinski definition) is 6. The number of hydrogen-bond acceptors (Lipinski definition) is 8. The molecule has 1 aliphatic carbocycles. The standard InChI is InChI=1S/C38H48N8O8/c39-37(40)41-17-5-13-28(35(50)45-19-8-16-31(45)36(51)52)43-34(49)30-15-6-18-44(30)32(47)21-42-33(48)29-14-7-20-46(29)38(53)54-22-27-25-11-3-1-9-23(25)24-10-2-4-12-26(24)27/h1-4,9-12,27-31H,5-8,13-22H2,(H,42,48)(H,43,49)(H,51,52)(H4,39,40,41)/t28-,29-,30-,31-/m0/s1. The first-order valence-corrected chi connectivity index (χ1v) is 18.7. The number of nitrogens with one attached hydrogen (secondary N) is 4. The molecule has 7 N–H and O–H groups in total. The molecule has 16 heteroatoms. The molecule has 16 nitrogen and oxygen atoms in total. The van der Waals surface area contributed by atoms with Gasteiger partial charge < -0.3 is 41.3 Å². The maximum absolute atomic E-state index is 13.6. The van der Waals surface area contributed by atoms with Crippen LogP contribution in [0.15, 0.2) is 48.5 Å². The molecule has 0 spiro atoms. The number of nitrogens with two attached hydrogens (primary N) is 1. The van der Waals surface area contributed by atoms with Crippen LogP contribution in [0.4, 0.5) is 4.79 Å². The van der Waals surface area contributed by atoms with E-state index in [1.54, 1.807) is 0 Å². The fourth-order valence-electron chi connectivity index (χ4n) is 8.20. The minimum absolute atomic E-state index is 0.120. The van der Waals surface area contributed by atoms with Crippen molar-refractivity contribution in [1.29, 1.82) is 5.41 Å². The summed E-state index contributed by atoms with van der Waals surface area (Å²) < 4.78 is 5.80. The van der Waals surface area contributed by atoms with Crippen LogP contribution in [-0.2, 0) is 28.7 Å². The third-order valence-corrected chi connectivity index (χ3v) is 10.8. The summed E-state index contributed by atoms with van der Waals surface area (Å²) in [5.74, 6) is -3.51. The largest absolute Gasteiger partial charge is 0.480 e. The highest BCUT2D eigenvalue weighted by atomic mass is 16.6. The normalized spacial score (nSPS) is 20.9. The molecule has 6 rings (SSSR count). The zero-order valence-corrected chi connectivity index (χ0v) is 30.1. The predicted octanol–water partition coefficient (Wildman–Crippen LogP) is 1.33. The van der Waals surface area contributed by atoms with Gasteiger partial charge in [-0.3, -0.25) is 29.5 Å². The lowest BCUT2D eigenvalue weighted by atomic mass is 9.98. The van der Waals surface area contributed by atoms with Crippen molar-refractivity contribution in [2.75, 3.05) is 39.3 Å². The Hall–Kier alpha value is -5.67. The number of likely N-dealkylation sites (tertiary alicyclic amines) is 3. The summed E-state index contributed by atoms with van der Waals surface area (Å²) in [4.78, 5) is 83.1. The maximum Gasteiger partial charge on any atom is 0.410 e. The van der Waals surface area contributed by atoms with Gasteiger partial charge in [-0.05, 0) is 73.6 Å². The van der Waals surface area contributed by atoms with Gasteiger partial charge in [0.1, 0.15) is 30.8 Å². The second kappa shape index (κ2) is 17.0. The highest BCUT2D eigenvalue weighted by Crippen LogP contribution is 2.44. The topological polar surface area (TPSA) is 228 Å². The van der Waals surface area contributed by atoms with Crippen LogP contribution in [0, 0.1) is 5.41 Å². The average Bonchev–Trinajstić information content (AvgIpc) is 3.99. The van der Waals surface area contributed by atoms with E-state index in [0.717, 1.165) is 22.3 Å². The first kappa shape index (κ1) is 38.1. The molecule has 2 aromatic rings. The summed E-state index contributed by atoms with van der Waals surface area (Å²) in [7, 11) is 0. The van der Waals surface area contributed by atoms with Crippen LogP contribution < -0.4 is 21.7 Å². The Labute approximate surface area is 313 Å². The smallest absolute Gasteiger partial charge is 0.410 e. The monoisotopic (exact) mass is 744 g/mol. The molecule has 3 saturated heterocycles. The zero-order valence-electron chi connectivity index (χ0n) is 30.1. The summed E-state index contributed by atoms with van der Waals surface area (Å²) >= 11 is 0. The van der Waals surface area contributed by atoms with E-state index in [-0.39, 0.29) is 51.1 Å². The summed E-state index contributed by atoms with van der Waals surface area (Å²) in [6.07, 6.45) is 2.65. The van der Waals surface area contributed by atoms with Crippen molar-refractivity contribution >= 4 is 41.7 Å².